The SMILES string of the molecule is CC1CN(C)CCN1c1c([N+](=O)[O-])cnn1C. The largest absolute Gasteiger partial charge is 0.346 e. The first-order chi connectivity index (χ1) is 8.00. The second-order valence-corrected chi connectivity index (χ2v) is 4.54. The van der Waals surface area contributed by atoms with E-state index in [1.165, 1.54) is 6.20 Å². The van der Waals surface area contributed by atoms with Crippen LogP contribution in [0.5, 0.6) is 0 Å². The second-order valence-electron chi connectivity index (χ2n) is 4.54. The Hall–Kier alpha value is -1.63. The van der Waals surface area contributed by atoms with Gasteiger partial charge in [-0.15, -0.1) is 0 Å². The van der Waals surface area contributed by atoms with Gasteiger partial charge in [-0.1, -0.05) is 0 Å². The lowest BCUT2D eigenvalue weighted by Crippen LogP contribution is -2.51. The lowest BCUT2D eigenvalue weighted by molar-refractivity contribution is -0.384. The van der Waals surface area contributed by atoms with Gasteiger partial charge in [-0.2, -0.15) is 5.10 Å². The van der Waals surface area contributed by atoms with Gasteiger partial charge in [0.2, 0.25) is 5.82 Å². The van der Waals surface area contributed by atoms with Crippen molar-refractivity contribution in [2.24, 2.45) is 7.05 Å². The highest BCUT2D eigenvalue weighted by Gasteiger charge is 2.30. The van der Waals surface area contributed by atoms with Gasteiger partial charge < -0.3 is 9.80 Å². The monoisotopic (exact) mass is 239 g/mol. The molecule has 1 saturated heterocycles. The van der Waals surface area contributed by atoms with E-state index >= 15 is 0 Å². The molecule has 0 spiro atoms. The highest BCUT2D eigenvalue weighted by Crippen LogP contribution is 2.29. The Bertz CT molecular complexity index is 430. The van der Waals surface area contributed by atoms with Gasteiger partial charge in [0.1, 0.15) is 6.20 Å². The van der Waals surface area contributed by atoms with Gasteiger partial charge in [-0.3, -0.25) is 10.1 Å². The molecule has 7 nitrogen and oxygen atoms in total. The quantitative estimate of drug-likeness (QED) is 0.554. The maximum atomic E-state index is 11.0. The zero-order valence-corrected chi connectivity index (χ0v) is 10.3. The van der Waals surface area contributed by atoms with Crippen LogP contribution in [0.4, 0.5) is 11.5 Å². The first-order valence-electron chi connectivity index (χ1n) is 5.62. The number of piperazine rings is 1. The lowest BCUT2D eigenvalue weighted by Gasteiger charge is -2.38. The average molecular weight is 239 g/mol. The smallest absolute Gasteiger partial charge is 0.331 e. The van der Waals surface area contributed by atoms with E-state index in [0.717, 1.165) is 19.6 Å². The molecule has 7 heteroatoms. The minimum absolute atomic E-state index is 0.0869. The topological polar surface area (TPSA) is 67.4 Å². The molecule has 0 aliphatic carbocycles. The molecule has 2 rings (SSSR count). The van der Waals surface area contributed by atoms with E-state index in [9.17, 15) is 10.1 Å². The maximum Gasteiger partial charge on any atom is 0.331 e. The van der Waals surface area contributed by atoms with E-state index in [1.54, 1.807) is 11.7 Å². The molecular formula is C10H17N5O2. The zero-order valence-electron chi connectivity index (χ0n) is 10.3. The van der Waals surface area contributed by atoms with Gasteiger partial charge in [0.05, 0.1) is 4.92 Å². The average Bonchev–Trinajstić information content (AvgIpc) is 2.60. The fourth-order valence-corrected chi connectivity index (χ4v) is 2.34. The van der Waals surface area contributed by atoms with Crippen molar-refractivity contribution in [3.8, 4) is 0 Å². The highest BCUT2D eigenvalue weighted by molar-refractivity contribution is 5.58. The molecule has 1 aliphatic rings. The van der Waals surface area contributed by atoms with Gasteiger partial charge in [-0.25, -0.2) is 4.68 Å². The first kappa shape index (κ1) is 11.8. The number of aryl methyl sites for hydroxylation is 1. The van der Waals surface area contributed by atoms with E-state index < -0.39 is 0 Å². The van der Waals surface area contributed by atoms with Crippen LogP contribution in [-0.2, 0) is 7.05 Å². The number of aromatic nitrogens is 2. The molecule has 17 heavy (non-hydrogen) atoms. The number of hydrogen-bond donors (Lipinski definition) is 0. The Labute approximate surface area is 99.8 Å². The van der Waals surface area contributed by atoms with Crippen molar-refractivity contribution < 1.29 is 4.92 Å². The molecular weight excluding hydrogens is 222 g/mol. The molecule has 0 radical (unpaired) electrons. The van der Waals surface area contributed by atoms with Crippen molar-refractivity contribution in [1.82, 2.24) is 14.7 Å². The molecule has 0 aromatic carbocycles. The Balaban J connectivity index is 2.33. The Kier molecular flexibility index (Phi) is 3.01. The molecule has 2 heterocycles. The summed E-state index contributed by atoms with van der Waals surface area (Å²) < 4.78 is 1.58. The third kappa shape index (κ3) is 2.10. The van der Waals surface area contributed by atoms with Crippen LogP contribution in [0.1, 0.15) is 6.92 Å². The highest BCUT2D eigenvalue weighted by atomic mass is 16.6. The molecule has 1 aliphatic heterocycles. The van der Waals surface area contributed by atoms with E-state index in [4.69, 9.17) is 0 Å². The van der Waals surface area contributed by atoms with E-state index in [2.05, 4.69) is 28.9 Å². The van der Waals surface area contributed by atoms with Crippen LogP contribution < -0.4 is 4.90 Å². The molecule has 1 atom stereocenters. The summed E-state index contributed by atoms with van der Waals surface area (Å²) in [6.07, 6.45) is 1.32. The molecule has 1 aromatic rings. The summed E-state index contributed by atoms with van der Waals surface area (Å²) in [5.41, 5.74) is 0.0869. The second kappa shape index (κ2) is 4.33. The number of anilines is 1. The summed E-state index contributed by atoms with van der Waals surface area (Å²) in [4.78, 5) is 14.9. The molecule has 0 amide bonds. The van der Waals surface area contributed by atoms with Crippen molar-refractivity contribution in [3.63, 3.8) is 0 Å². The number of nitrogens with zero attached hydrogens (tertiary/aromatic N) is 5. The lowest BCUT2D eigenvalue weighted by atomic mass is 10.2. The molecule has 1 aromatic heterocycles. The van der Waals surface area contributed by atoms with E-state index in [-0.39, 0.29) is 16.7 Å². The summed E-state index contributed by atoms with van der Waals surface area (Å²) in [6, 6.07) is 0.253. The third-order valence-electron chi connectivity index (χ3n) is 3.19. The van der Waals surface area contributed by atoms with Crippen LogP contribution in [0, 0.1) is 10.1 Å². The van der Waals surface area contributed by atoms with Crippen LogP contribution >= 0.6 is 0 Å². The molecule has 0 saturated carbocycles. The summed E-state index contributed by atoms with van der Waals surface area (Å²) in [5.74, 6) is 0.607. The fourth-order valence-electron chi connectivity index (χ4n) is 2.34. The maximum absolute atomic E-state index is 11.0. The molecule has 94 valence electrons. The van der Waals surface area contributed by atoms with Crippen molar-refractivity contribution in [2.45, 2.75) is 13.0 Å². The van der Waals surface area contributed by atoms with Crippen LogP contribution in [0.25, 0.3) is 0 Å². The van der Waals surface area contributed by atoms with Crippen LogP contribution in [0.15, 0.2) is 6.20 Å². The normalized spacial score (nSPS) is 21.8. The van der Waals surface area contributed by atoms with Crippen molar-refractivity contribution >= 4 is 11.5 Å². The first-order valence-corrected chi connectivity index (χ1v) is 5.62. The third-order valence-corrected chi connectivity index (χ3v) is 3.19. The predicted molar refractivity (Wildman–Crippen MR) is 64.2 cm³/mol. The van der Waals surface area contributed by atoms with Crippen LogP contribution in [-0.4, -0.2) is 52.3 Å². The zero-order chi connectivity index (χ0) is 12.6. The summed E-state index contributed by atoms with van der Waals surface area (Å²) in [6.45, 7) is 4.68. The minimum atomic E-state index is -0.368. The molecule has 0 N–H and O–H groups in total. The number of nitro groups is 1. The summed E-state index contributed by atoms with van der Waals surface area (Å²) in [7, 11) is 3.80. The van der Waals surface area contributed by atoms with Gasteiger partial charge >= 0.3 is 5.69 Å². The minimum Gasteiger partial charge on any atom is -0.346 e. The molecule has 1 fully saturated rings. The molecule has 0 bridgehead atoms. The van der Waals surface area contributed by atoms with Gasteiger partial charge in [-0.05, 0) is 14.0 Å². The van der Waals surface area contributed by atoms with Crippen molar-refractivity contribution in [3.05, 3.63) is 16.3 Å². The number of rotatable bonds is 2. The fraction of sp³-hybridized carbons (Fsp3) is 0.700. The van der Waals surface area contributed by atoms with E-state index in [0.29, 0.717) is 5.82 Å². The number of likely N-dealkylation sites (N-methyl/N-ethyl adjacent to an activating group) is 1. The summed E-state index contributed by atoms with van der Waals surface area (Å²) in [5, 5.41) is 15.0. The Morgan fingerprint density at radius 3 is 2.76 bits per heavy atom. The van der Waals surface area contributed by atoms with E-state index in [1.807, 2.05) is 0 Å². The van der Waals surface area contributed by atoms with Gasteiger partial charge in [0.15, 0.2) is 0 Å². The van der Waals surface area contributed by atoms with Crippen LogP contribution in [0.2, 0.25) is 0 Å². The summed E-state index contributed by atoms with van der Waals surface area (Å²) >= 11 is 0. The van der Waals surface area contributed by atoms with Crippen LogP contribution in [0.3, 0.4) is 0 Å². The van der Waals surface area contributed by atoms with Gasteiger partial charge in [0, 0.05) is 32.7 Å². The number of hydrogen-bond acceptors (Lipinski definition) is 5. The van der Waals surface area contributed by atoms with Gasteiger partial charge in [0.25, 0.3) is 0 Å². The Morgan fingerprint density at radius 1 is 1.47 bits per heavy atom. The van der Waals surface area contributed by atoms with Crippen molar-refractivity contribution in [1.29, 1.82) is 0 Å². The van der Waals surface area contributed by atoms with Crippen molar-refractivity contribution in [2.75, 3.05) is 31.6 Å². The Morgan fingerprint density at radius 2 is 2.18 bits per heavy atom. The standard InChI is InChI=1S/C10H17N5O2/c1-8-7-12(2)4-5-14(8)10-9(15(16)17)6-11-13(10)3/h6,8H,4-5,7H2,1-3H3. The predicted octanol–water partition coefficient (Wildman–Crippen LogP) is 0.469. The molecule has 1 unspecified atom stereocenters.